The molecule has 2 N–H and O–H groups in total. The number of benzene rings is 2. The second-order valence-electron chi connectivity index (χ2n) is 4.97. The number of aromatic nitrogens is 2. The summed E-state index contributed by atoms with van der Waals surface area (Å²) >= 11 is 3.49. The fraction of sp³-hybridized carbons (Fsp3) is 0.188. The van der Waals surface area contributed by atoms with E-state index in [1.165, 1.54) is 5.56 Å². The van der Waals surface area contributed by atoms with E-state index in [1.807, 2.05) is 36.0 Å². The third kappa shape index (κ3) is 2.49. The molecule has 0 aliphatic heterocycles. The Morgan fingerprint density at radius 3 is 2.80 bits per heavy atom. The summed E-state index contributed by atoms with van der Waals surface area (Å²) in [5, 5.41) is 5.72. The molecule has 102 valence electrons. The quantitative estimate of drug-likeness (QED) is 0.798. The van der Waals surface area contributed by atoms with Gasteiger partial charge in [0, 0.05) is 16.9 Å². The summed E-state index contributed by atoms with van der Waals surface area (Å²) in [7, 11) is 1.96. The number of nitrogens with two attached hydrogens (primary N) is 1. The van der Waals surface area contributed by atoms with E-state index in [9.17, 15) is 0 Å². The highest BCUT2D eigenvalue weighted by Crippen LogP contribution is 2.24. The second kappa shape index (κ2) is 5.38. The van der Waals surface area contributed by atoms with Crippen LogP contribution in [-0.2, 0) is 13.5 Å². The largest absolute Gasteiger partial charge is 0.322 e. The highest BCUT2D eigenvalue weighted by molar-refractivity contribution is 9.10. The van der Waals surface area contributed by atoms with E-state index in [0.717, 1.165) is 27.5 Å². The molecule has 3 rings (SSSR count). The van der Waals surface area contributed by atoms with Crippen LogP contribution in [0.3, 0.4) is 0 Å². The zero-order chi connectivity index (χ0) is 14.1. The molecule has 0 aliphatic rings. The number of hydrogen-bond acceptors (Lipinski definition) is 2. The number of hydrogen-bond donors (Lipinski definition) is 1. The number of nitrogens with zero attached hydrogens (tertiary/aromatic N) is 2. The van der Waals surface area contributed by atoms with Gasteiger partial charge in [-0.3, -0.25) is 4.68 Å². The van der Waals surface area contributed by atoms with Crippen molar-refractivity contribution in [2.75, 3.05) is 0 Å². The van der Waals surface area contributed by atoms with Gasteiger partial charge < -0.3 is 5.73 Å². The van der Waals surface area contributed by atoms with Gasteiger partial charge in [0.1, 0.15) is 0 Å². The van der Waals surface area contributed by atoms with E-state index < -0.39 is 0 Å². The summed E-state index contributed by atoms with van der Waals surface area (Å²) in [6, 6.07) is 16.3. The molecule has 3 aromatic rings. The molecule has 4 heteroatoms. The standard InChI is InChI=1S/C16H16BrN3/c1-20-15-8-3-2-7-13(15)16(19-20)14(18)10-11-5-4-6-12(17)9-11/h2-9,14H,10,18H2,1H3. The minimum Gasteiger partial charge on any atom is -0.322 e. The molecular formula is C16H16BrN3. The summed E-state index contributed by atoms with van der Waals surface area (Å²) in [4.78, 5) is 0. The van der Waals surface area contributed by atoms with Gasteiger partial charge in [0.2, 0.25) is 0 Å². The zero-order valence-electron chi connectivity index (χ0n) is 11.3. The highest BCUT2D eigenvalue weighted by atomic mass is 79.9. The molecule has 0 amide bonds. The van der Waals surface area contributed by atoms with Crippen LogP contribution in [0.25, 0.3) is 10.9 Å². The third-order valence-electron chi connectivity index (χ3n) is 3.48. The fourth-order valence-electron chi connectivity index (χ4n) is 2.53. The van der Waals surface area contributed by atoms with Crippen molar-refractivity contribution in [3.05, 3.63) is 64.3 Å². The fourth-order valence-corrected chi connectivity index (χ4v) is 2.98. The molecule has 0 fully saturated rings. The molecule has 0 spiro atoms. The van der Waals surface area contributed by atoms with Gasteiger partial charge in [-0.05, 0) is 30.2 Å². The minimum atomic E-state index is -0.101. The molecule has 0 aliphatic carbocycles. The van der Waals surface area contributed by atoms with E-state index in [2.05, 4.69) is 45.3 Å². The first-order valence-electron chi connectivity index (χ1n) is 6.57. The summed E-state index contributed by atoms with van der Waals surface area (Å²) in [6.45, 7) is 0. The van der Waals surface area contributed by atoms with Crippen LogP contribution in [0, 0.1) is 0 Å². The van der Waals surface area contributed by atoms with Crippen molar-refractivity contribution < 1.29 is 0 Å². The number of rotatable bonds is 3. The van der Waals surface area contributed by atoms with Crippen molar-refractivity contribution in [1.29, 1.82) is 0 Å². The number of fused-ring (bicyclic) bond motifs is 1. The second-order valence-corrected chi connectivity index (χ2v) is 5.88. The molecule has 1 unspecified atom stereocenters. The zero-order valence-corrected chi connectivity index (χ0v) is 12.8. The van der Waals surface area contributed by atoms with Gasteiger partial charge in [0.25, 0.3) is 0 Å². The first kappa shape index (κ1) is 13.3. The number of para-hydroxylation sites is 1. The molecule has 2 aromatic carbocycles. The average molecular weight is 330 g/mol. The van der Waals surface area contributed by atoms with Gasteiger partial charge in [-0.15, -0.1) is 0 Å². The van der Waals surface area contributed by atoms with Crippen LogP contribution in [0.5, 0.6) is 0 Å². The lowest BCUT2D eigenvalue weighted by atomic mass is 10.0. The van der Waals surface area contributed by atoms with Crippen LogP contribution >= 0.6 is 15.9 Å². The minimum absolute atomic E-state index is 0.101. The van der Waals surface area contributed by atoms with Gasteiger partial charge >= 0.3 is 0 Å². The molecule has 1 heterocycles. The Morgan fingerprint density at radius 2 is 2.00 bits per heavy atom. The van der Waals surface area contributed by atoms with E-state index >= 15 is 0 Å². The summed E-state index contributed by atoms with van der Waals surface area (Å²) in [5.41, 5.74) is 9.65. The maximum atomic E-state index is 6.37. The molecule has 1 atom stereocenters. The van der Waals surface area contributed by atoms with Crippen LogP contribution in [0.1, 0.15) is 17.3 Å². The van der Waals surface area contributed by atoms with E-state index in [4.69, 9.17) is 5.73 Å². The van der Waals surface area contributed by atoms with Gasteiger partial charge in [-0.2, -0.15) is 5.10 Å². The molecule has 20 heavy (non-hydrogen) atoms. The predicted molar refractivity (Wildman–Crippen MR) is 85.5 cm³/mol. The Labute approximate surface area is 126 Å². The molecule has 3 nitrogen and oxygen atoms in total. The molecule has 0 saturated carbocycles. The SMILES string of the molecule is Cn1nc(C(N)Cc2cccc(Br)c2)c2ccccc21. The Morgan fingerprint density at radius 1 is 1.20 bits per heavy atom. The predicted octanol–water partition coefficient (Wildman–Crippen LogP) is 3.58. The van der Waals surface area contributed by atoms with E-state index in [0.29, 0.717) is 0 Å². The van der Waals surface area contributed by atoms with Crippen molar-refractivity contribution in [3.8, 4) is 0 Å². The first-order chi connectivity index (χ1) is 9.65. The van der Waals surface area contributed by atoms with Crippen LogP contribution in [0.4, 0.5) is 0 Å². The van der Waals surface area contributed by atoms with Gasteiger partial charge in [0.05, 0.1) is 17.3 Å². The Bertz CT molecular complexity index is 748. The van der Waals surface area contributed by atoms with Crippen LogP contribution in [0.15, 0.2) is 53.0 Å². The topological polar surface area (TPSA) is 43.8 Å². The van der Waals surface area contributed by atoms with Crippen molar-refractivity contribution >= 4 is 26.8 Å². The molecule has 1 aromatic heterocycles. The molecular weight excluding hydrogens is 314 g/mol. The molecule has 0 bridgehead atoms. The first-order valence-corrected chi connectivity index (χ1v) is 7.36. The lowest BCUT2D eigenvalue weighted by molar-refractivity contribution is 0.665. The lowest BCUT2D eigenvalue weighted by Gasteiger charge is -2.10. The number of halogens is 1. The van der Waals surface area contributed by atoms with Gasteiger partial charge in [-0.1, -0.05) is 46.3 Å². The summed E-state index contributed by atoms with van der Waals surface area (Å²) in [6.07, 6.45) is 0.778. The average Bonchev–Trinajstić information content (AvgIpc) is 2.77. The number of aryl methyl sites for hydroxylation is 1. The Hall–Kier alpha value is -1.65. The monoisotopic (exact) mass is 329 g/mol. The molecule has 0 saturated heterocycles. The van der Waals surface area contributed by atoms with Crippen molar-refractivity contribution in [1.82, 2.24) is 9.78 Å². The van der Waals surface area contributed by atoms with Crippen LogP contribution in [-0.4, -0.2) is 9.78 Å². The molecule has 0 radical (unpaired) electrons. The van der Waals surface area contributed by atoms with E-state index in [1.54, 1.807) is 0 Å². The van der Waals surface area contributed by atoms with Gasteiger partial charge in [-0.25, -0.2) is 0 Å². The Kier molecular flexibility index (Phi) is 3.59. The van der Waals surface area contributed by atoms with Gasteiger partial charge in [0.15, 0.2) is 0 Å². The highest BCUT2D eigenvalue weighted by Gasteiger charge is 2.15. The maximum absolute atomic E-state index is 6.37. The van der Waals surface area contributed by atoms with Crippen LogP contribution in [0.2, 0.25) is 0 Å². The van der Waals surface area contributed by atoms with Crippen molar-refractivity contribution in [2.24, 2.45) is 12.8 Å². The summed E-state index contributed by atoms with van der Waals surface area (Å²) < 4.78 is 2.97. The van der Waals surface area contributed by atoms with Crippen LogP contribution < -0.4 is 5.73 Å². The van der Waals surface area contributed by atoms with Crippen molar-refractivity contribution in [3.63, 3.8) is 0 Å². The van der Waals surface area contributed by atoms with Crippen molar-refractivity contribution in [2.45, 2.75) is 12.5 Å². The van der Waals surface area contributed by atoms with E-state index in [-0.39, 0.29) is 6.04 Å². The maximum Gasteiger partial charge on any atom is 0.0873 e. The summed E-state index contributed by atoms with van der Waals surface area (Å²) in [5.74, 6) is 0. The smallest absolute Gasteiger partial charge is 0.0873 e. The Balaban J connectivity index is 1.95. The normalized spacial score (nSPS) is 12.8. The lowest BCUT2D eigenvalue weighted by Crippen LogP contribution is -2.14. The third-order valence-corrected chi connectivity index (χ3v) is 3.98.